The van der Waals surface area contributed by atoms with Gasteiger partial charge >= 0.3 is 12.1 Å². The number of hydrogen-bond donors (Lipinski definition) is 1. The van der Waals surface area contributed by atoms with Crippen LogP contribution in [0.5, 0.6) is 0 Å². The summed E-state index contributed by atoms with van der Waals surface area (Å²) in [6.45, 7) is 4.52. The van der Waals surface area contributed by atoms with Crippen LogP contribution in [0.4, 0.5) is 13.2 Å². The summed E-state index contributed by atoms with van der Waals surface area (Å²) in [5.74, 6) is -0.829. The van der Waals surface area contributed by atoms with E-state index in [1.54, 1.807) is 20.8 Å². The van der Waals surface area contributed by atoms with Crippen molar-refractivity contribution in [1.29, 1.82) is 0 Å². The van der Waals surface area contributed by atoms with Gasteiger partial charge in [0.25, 0.3) is 0 Å². The van der Waals surface area contributed by atoms with Crippen molar-refractivity contribution in [3.05, 3.63) is 0 Å². The van der Waals surface area contributed by atoms with Crippen LogP contribution in [0.25, 0.3) is 0 Å². The molecule has 20 heavy (non-hydrogen) atoms. The Kier molecular flexibility index (Phi) is 3.59. The molecule has 3 atom stereocenters. The van der Waals surface area contributed by atoms with Crippen molar-refractivity contribution in [2.45, 2.75) is 49.2 Å². The van der Waals surface area contributed by atoms with E-state index in [-0.39, 0.29) is 13.2 Å². The first-order valence-corrected chi connectivity index (χ1v) is 7.14. The first-order chi connectivity index (χ1) is 8.99. The average molecular weight is 314 g/mol. The Hall–Kier alpha value is -0.470. The molecule has 0 amide bonds. The predicted octanol–water partition coefficient (Wildman–Crippen LogP) is 2.10. The Bertz CT molecular complexity index is 425. The van der Waals surface area contributed by atoms with Gasteiger partial charge < -0.3 is 14.6 Å². The SMILES string of the molecule is CCOC(=O)[C@H]1S[C@]2(C(F)(F)F)C[C@@]1(O)C(C)(C)CO2. The quantitative estimate of drug-likeness (QED) is 0.791. The number of carbonyl (C=O) groups is 1. The van der Waals surface area contributed by atoms with E-state index < -0.39 is 39.8 Å². The standard InChI is InChI=1S/C12H17F3O4S/c1-4-18-8(16)7-10(17)5-11(20-7,12(13,14)15)19-6-9(10,2)3/h7,17H,4-6H2,1-3H3/t7-,10+,11+/m1/s1. The van der Waals surface area contributed by atoms with E-state index in [0.29, 0.717) is 11.8 Å². The summed E-state index contributed by atoms with van der Waals surface area (Å²) in [4.78, 5) is 9.39. The molecule has 8 heteroatoms. The Balaban J connectivity index is 2.43. The molecule has 2 bridgehead atoms. The lowest BCUT2D eigenvalue weighted by atomic mass is 9.68. The molecule has 1 N–H and O–H groups in total. The smallest absolute Gasteiger partial charge is 0.427 e. The van der Waals surface area contributed by atoms with Crippen LogP contribution in [-0.4, -0.2) is 46.2 Å². The predicted molar refractivity (Wildman–Crippen MR) is 66.1 cm³/mol. The lowest BCUT2D eigenvalue weighted by Gasteiger charge is -2.47. The fourth-order valence-electron chi connectivity index (χ4n) is 2.59. The molecule has 2 heterocycles. The van der Waals surface area contributed by atoms with Crippen molar-refractivity contribution >= 4 is 17.7 Å². The molecule has 2 aliphatic heterocycles. The lowest BCUT2D eigenvalue weighted by molar-refractivity contribution is -0.287. The summed E-state index contributed by atoms with van der Waals surface area (Å²) in [6.07, 6.45) is -5.33. The minimum absolute atomic E-state index is 0.0479. The van der Waals surface area contributed by atoms with Gasteiger partial charge in [0.05, 0.1) is 18.8 Å². The zero-order valence-corrected chi connectivity index (χ0v) is 12.2. The molecule has 2 rings (SSSR count). The topological polar surface area (TPSA) is 55.8 Å². The molecule has 2 saturated heterocycles. The third-order valence-electron chi connectivity index (χ3n) is 4.01. The Morgan fingerprint density at radius 3 is 2.60 bits per heavy atom. The van der Waals surface area contributed by atoms with E-state index in [1.165, 1.54) is 0 Å². The molecule has 0 unspecified atom stereocenters. The highest BCUT2D eigenvalue weighted by Crippen LogP contribution is 2.64. The van der Waals surface area contributed by atoms with Gasteiger partial charge in [0, 0.05) is 11.8 Å². The van der Waals surface area contributed by atoms with Crippen molar-refractivity contribution in [3.8, 4) is 0 Å². The van der Waals surface area contributed by atoms with Gasteiger partial charge in [-0.3, -0.25) is 4.79 Å². The molecule has 0 aliphatic carbocycles. The van der Waals surface area contributed by atoms with Crippen molar-refractivity contribution in [1.82, 2.24) is 0 Å². The first-order valence-electron chi connectivity index (χ1n) is 6.27. The van der Waals surface area contributed by atoms with Gasteiger partial charge in [0.1, 0.15) is 5.25 Å². The van der Waals surface area contributed by atoms with Crippen molar-refractivity contribution in [2.75, 3.05) is 13.2 Å². The van der Waals surface area contributed by atoms with Crippen LogP contribution in [0.15, 0.2) is 0 Å². The maximum atomic E-state index is 13.3. The number of fused-ring (bicyclic) bond motifs is 2. The Labute approximate surface area is 119 Å². The number of hydrogen-bond acceptors (Lipinski definition) is 5. The fraction of sp³-hybridized carbons (Fsp3) is 0.917. The molecule has 2 fully saturated rings. The summed E-state index contributed by atoms with van der Waals surface area (Å²) in [6, 6.07) is 0. The van der Waals surface area contributed by atoms with Crippen molar-refractivity contribution in [3.63, 3.8) is 0 Å². The largest absolute Gasteiger partial charge is 0.465 e. The monoisotopic (exact) mass is 314 g/mol. The number of esters is 1. The molecule has 0 aromatic rings. The van der Waals surface area contributed by atoms with Crippen LogP contribution < -0.4 is 0 Å². The number of rotatable bonds is 2. The zero-order chi connectivity index (χ0) is 15.4. The number of ether oxygens (including phenoxy) is 2. The van der Waals surface area contributed by atoms with Crippen LogP contribution >= 0.6 is 11.8 Å². The van der Waals surface area contributed by atoms with Gasteiger partial charge in [-0.1, -0.05) is 25.6 Å². The van der Waals surface area contributed by atoms with Gasteiger partial charge in [-0.2, -0.15) is 13.2 Å². The van der Waals surface area contributed by atoms with Crippen molar-refractivity contribution < 1.29 is 32.5 Å². The van der Waals surface area contributed by atoms with E-state index in [9.17, 15) is 23.1 Å². The maximum absolute atomic E-state index is 13.3. The summed E-state index contributed by atoms with van der Waals surface area (Å²) in [5.41, 5.74) is -2.78. The van der Waals surface area contributed by atoms with Crippen molar-refractivity contribution in [2.24, 2.45) is 5.41 Å². The van der Waals surface area contributed by atoms with E-state index in [4.69, 9.17) is 9.47 Å². The zero-order valence-electron chi connectivity index (χ0n) is 11.4. The van der Waals surface area contributed by atoms with Crippen LogP contribution in [-0.2, 0) is 14.3 Å². The summed E-state index contributed by atoms with van der Waals surface area (Å²) >= 11 is 0.313. The highest BCUT2D eigenvalue weighted by Gasteiger charge is 2.75. The normalized spacial score (nSPS) is 39.6. The second-order valence-corrected chi connectivity index (χ2v) is 7.14. The Morgan fingerprint density at radius 2 is 2.10 bits per heavy atom. The molecular formula is C12H17F3O4S. The average Bonchev–Trinajstić information content (AvgIpc) is 2.58. The molecule has 2 aliphatic rings. The molecule has 4 nitrogen and oxygen atoms in total. The fourth-order valence-corrected chi connectivity index (χ4v) is 4.29. The summed E-state index contributed by atoms with van der Waals surface area (Å²) in [5, 5.41) is 9.43. The van der Waals surface area contributed by atoms with Gasteiger partial charge in [0.2, 0.25) is 4.93 Å². The van der Waals surface area contributed by atoms with E-state index in [0.717, 1.165) is 0 Å². The van der Waals surface area contributed by atoms with Crippen LogP contribution in [0.1, 0.15) is 27.2 Å². The second-order valence-electron chi connectivity index (χ2n) is 5.77. The van der Waals surface area contributed by atoms with Crippen LogP contribution in [0.2, 0.25) is 0 Å². The minimum atomic E-state index is -4.66. The highest BCUT2D eigenvalue weighted by atomic mass is 32.2. The summed E-state index contributed by atoms with van der Waals surface area (Å²) < 4.78 is 49.6. The number of alkyl halides is 3. The maximum Gasteiger partial charge on any atom is 0.427 e. The number of carbonyl (C=O) groups excluding carboxylic acids is 1. The first kappa shape index (κ1) is 15.9. The third-order valence-corrected chi connectivity index (χ3v) is 5.71. The van der Waals surface area contributed by atoms with Crippen LogP contribution in [0.3, 0.4) is 0 Å². The van der Waals surface area contributed by atoms with E-state index in [2.05, 4.69) is 0 Å². The van der Waals surface area contributed by atoms with E-state index >= 15 is 0 Å². The van der Waals surface area contributed by atoms with E-state index in [1.807, 2.05) is 0 Å². The highest BCUT2D eigenvalue weighted by molar-refractivity contribution is 8.02. The molecule has 0 spiro atoms. The van der Waals surface area contributed by atoms with Gasteiger partial charge in [0.15, 0.2) is 0 Å². The second kappa shape index (κ2) is 4.51. The number of thioether (sulfide) groups is 1. The van der Waals surface area contributed by atoms with Crippen LogP contribution in [0, 0.1) is 5.41 Å². The van der Waals surface area contributed by atoms with Gasteiger partial charge in [-0.05, 0) is 6.92 Å². The van der Waals surface area contributed by atoms with Gasteiger partial charge in [-0.15, -0.1) is 0 Å². The number of halogens is 3. The molecule has 0 saturated carbocycles. The molecule has 0 aromatic carbocycles. The molecule has 0 aromatic heterocycles. The number of aliphatic hydroxyl groups is 1. The molecule has 0 radical (unpaired) electrons. The third kappa shape index (κ3) is 2.03. The lowest BCUT2D eigenvalue weighted by Crippen LogP contribution is -2.60. The summed E-state index contributed by atoms with van der Waals surface area (Å²) in [7, 11) is 0. The molecular weight excluding hydrogens is 297 g/mol. The van der Waals surface area contributed by atoms with Gasteiger partial charge in [-0.25, -0.2) is 0 Å². The Morgan fingerprint density at radius 1 is 1.50 bits per heavy atom. The molecule has 116 valence electrons. The minimum Gasteiger partial charge on any atom is -0.465 e.